The van der Waals surface area contributed by atoms with Crippen molar-refractivity contribution in [3.8, 4) is 0 Å². The minimum Gasteiger partial charge on any atom is -0.363 e. The Morgan fingerprint density at radius 3 is 2.83 bits per heavy atom. The van der Waals surface area contributed by atoms with Crippen molar-refractivity contribution >= 4 is 11.6 Å². The summed E-state index contributed by atoms with van der Waals surface area (Å²) < 4.78 is 13.2. The van der Waals surface area contributed by atoms with Crippen LogP contribution in [0.25, 0.3) is 0 Å². The van der Waals surface area contributed by atoms with Crippen molar-refractivity contribution in [2.24, 2.45) is 0 Å². The fourth-order valence-corrected chi connectivity index (χ4v) is 2.10. The molecule has 0 aliphatic heterocycles. The molecule has 0 amide bonds. The molecule has 1 unspecified atom stereocenters. The van der Waals surface area contributed by atoms with Gasteiger partial charge in [0.25, 0.3) is 0 Å². The lowest BCUT2D eigenvalue weighted by atomic mass is 10.0. The number of hydrogen-bond donors (Lipinski definition) is 2. The number of rotatable bonds is 5. The number of H-pyrrole nitrogens is 1. The highest BCUT2D eigenvalue weighted by atomic mass is 35.5. The predicted molar refractivity (Wildman–Crippen MR) is 72.3 cm³/mol. The van der Waals surface area contributed by atoms with Crippen molar-refractivity contribution in [3.05, 3.63) is 58.6 Å². The molecule has 18 heavy (non-hydrogen) atoms. The number of aromatic nitrogens is 1. The van der Waals surface area contributed by atoms with E-state index in [9.17, 15) is 4.39 Å². The minimum absolute atomic E-state index is 0.0121. The molecule has 1 heterocycles. The van der Waals surface area contributed by atoms with Crippen LogP contribution in [0.4, 0.5) is 4.39 Å². The summed E-state index contributed by atoms with van der Waals surface area (Å²) in [4.78, 5) is 3.18. The number of hydrogen-bond acceptors (Lipinski definition) is 1. The van der Waals surface area contributed by atoms with Crippen molar-refractivity contribution < 1.29 is 4.39 Å². The highest BCUT2D eigenvalue weighted by Crippen LogP contribution is 2.25. The molecule has 1 atom stereocenters. The Morgan fingerprint density at radius 2 is 2.22 bits per heavy atom. The van der Waals surface area contributed by atoms with Gasteiger partial charge in [0.15, 0.2) is 0 Å². The Morgan fingerprint density at radius 1 is 1.39 bits per heavy atom. The van der Waals surface area contributed by atoms with Gasteiger partial charge in [-0.1, -0.05) is 24.6 Å². The standard InChI is InChI=1S/C14H16ClFN2/c1-2-7-18-14(13-4-3-8-17-13)10-5-6-12(16)11(15)9-10/h3-6,8-9,14,17-18H,2,7H2,1H3. The van der Waals surface area contributed by atoms with Crippen molar-refractivity contribution in [1.29, 1.82) is 0 Å². The van der Waals surface area contributed by atoms with Gasteiger partial charge in [0, 0.05) is 11.9 Å². The molecule has 1 aromatic carbocycles. The van der Waals surface area contributed by atoms with E-state index in [1.807, 2.05) is 18.3 Å². The fourth-order valence-electron chi connectivity index (χ4n) is 1.91. The normalized spacial score (nSPS) is 12.6. The molecular formula is C14H16ClFN2. The first-order chi connectivity index (χ1) is 8.72. The third-order valence-electron chi connectivity index (χ3n) is 2.81. The summed E-state index contributed by atoms with van der Waals surface area (Å²) >= 11 is 5.84. The van der Waals surface area contributed by atoms with E-state index in [4.69, 9.17) is 11.6 Å². The van der Waals surface area contributed by atoms with Gasteiger partial charge in [-0.3, -0.25) is 0 Å². The van der Waals surface area contributed by atoms with Gasteiger partial charge >= 0.3 is 0 Å². The van der Waals surface area contributed by atoms with E-state index in [1.165, 1.54) is 6.07 Å². The maximum atomic E-state index is 13.2. The first kappa shape index (κ1) is 13.1. The van der Waals surface area contributed by atoms with Gasteiger partial charge in [-0.05, 0) is 42.8 Å². The average Bonchev–Trinajstić information content (AvgIpc) is 2.88. The largest absolute Gasteiger partial charge is 0.363 e. The zero-order valence-electron chi connectivity index (χ0n) is 10.2. The smallest absolute Gasteiger partial charge is 0.141 e. The number of aromatic amines is 1. The Labute approximate surface area is 111 Å². The summed E-state index contributed by atoms with van der Waals surface area (Å²) in [5, 5.41) is 3.58. The Bertz CT molecular complexity index is 497. The van der Waals surface area contributed by atoms with Gasteiger partial charge in [-0.2, -0.15) is 0 Å². The Kier molecular flexibility index (Phi) is 4.39. The van der Waals surface area contributed by atoms with Crippen LogP contribution >= 0.6 is 11.6 Å². The van der Waals surface area contributed by atoms with E-state index in [1.54, 1.807) is 12.1 Å². The van der Waals surface area contributed by atoms with Crippen LogP contribution in [0.3, 0.4) is 0 Å². The van der Waals surface area contributed by atoms with Crippen molar-refractivity contribution in [3.63, 3.8) is 0 Å². The zero-order chi connectivity index (χ0) is 13.0. The van der Waals surface area contributed by atoms with E-state index in [0.717, 1.165) is 24.2 Å². The third-order valence-corrected chi connectivity index (χ3v) is 3.10. The van der Waals surface area contributed by atoms with Gasteiger partial charge in [0.2, 0.25) is 0 Å². The SMILES string of the molecule is CCCNC(c1ccc(F)c(Cl)c1)c1ccc[nH]1. The summed E-state index contributed by atoms with van der Waals surface area (Å²) in [5.74, 6) is -0.388. The second-order valence-corrected chi connectivity index (χ2v) is 4.59. The van der Waals surface area contributed by atoms with E-state index in [-0.39, 0.29) is 16.9 Å². The molecule has 2 rings (SSSR count). The molecular weight excluding hydrogens is 251 g/mol. The molecule has 96 valence electrons. The van der Waals surface area contributed by atoms with Gasteiger partial charge < -0.3 is 10.3 Å². The van der Waals surface area contributed by atoms with Crippen LogP contribution in [-0.2, 0) is 0 Å². The molecule has 0 aliphatic carbocycles. The van der Waals surface area contributed by atoms with Crippen LogP contribution in [0.2, 0.25) is 5.02 Å². The molecule has 2 N–H and O–H groups in total. The highest BCUT2D eigenvalue weighted by Gasteiger charge is 2.15. The predicted octanol–water partition coefficient (Wildman–Crippen LogP) is 3.90. The second-order valence-electron chi connectivity index (χ2n) is 4.19. The Balaban J connectivity index is 2.30. The number of benzene rings is 1. The minimum atomic E-state index is -0.388. The van der Waals surface area contributed by atoms with Crippen molar-refractivity contribution in [2.45, 2.75) is 19.4 Å². The summed E-state index contributed by atoms with van der Waals surface area (Å²) in [6.07, 6.45) is 2.91. The van der Waals surface area contributed by atoms with Gasteiger partial charge in [-0.15, -0.1) is 0 Å². The molecule has 2 nitrogen and oxygen atoms in total. The molecule has 2 aromatic rings. The lowest BCUT2D eigenvalue weighted by Crippen LogP contribution is -2.23. The quantitative estimate of drug-likeness (QED) is 0.844. The number of nitrogens with one attached hydrogen (secondary N) is 2. The topological polar surface area (TPSA) is 27.8 Å². The van der Waals surface area contributed by atoms with E-state index >= 15 is 0 Å². The molecule has 1 aromatic heterocycles. The van der Waals surface area contributed by atoms with Crippen LogP contribution in [0.15, 0.2) is 36.5 Å². The summed E-state index contributed by atoms with van der Waals surface area (Å²) in [7, 11) is 0. The summed E-state index contributed by atoms with van der Waals surface area (Å²) in [6, 6.07) is 8.80. The lowest BCUT2D eigenvalue weighted by Gasteiger charge is -2.18. The van der Waals surface area contributed by atoms with E-state index in [0.29, 0.717) is 0 Å². The van der Waals surface area contributed by atoms with Crippen LogP contribution in [0, 0.1) is 5.82 Å². The molecule has 0 saturated carbocycles. The zero-order valence-corrected chi connectivity index (χ0v) is 11.0. The van der Waals surface area contributed by atoms with Crippen molar-refractivity contribution in [1.82, 2.24) is 10.3 Å². The molecule has 0 fully saturated rings. The molecule has 0 aliphatic rings. The first-order valence-electron chi connectivity index (χ1n) is 6.04. The molecule has 0 spiro atoms. The third kappa shape index (κ3) is 2.92. The van der Waals surface area contributed by atoms with Crippen LogP contribution < -0.4 is 5.32 Å². The van der Waals surface area contributed by atoms with Crippen LogP contribution in [0.1, 0.15) is 30.6 Å². The number of halogens is 2. The maximum absolute atomic E-state index is 13.2. The fraction of sp³-hybridized carbons (Fsp3) is 0.286. The Hall–Kier alpha value is -1.32. The van der Waals surface area contributed by atoms with Crippen LogP contribution in [0.5, 0.6) is 0 Å². The molecule has 4 heteroatoms. The molecule has 0 bridgehead atoms. The second kappa shape index (κ2) is 6.03. The lowest BCUT2D eigenvalue weighted by molar-refractivity contribution is 0.584. The van der Waals surface area contributed by atoms with Crippen molar-refractivity contribution in [2.75, 3.05) is 6.54 Å². The average molecular weight is 267 g/mol. The summed E-state index contributed by atoms with van der Waals surface area (Å²) in [6.45, 7) is 3.00. The maximum Gasteiger partial charge on any atom is 0.141 e. The summed E-state index contributed by atoms with van der Waals surface area (Å²) in [5.41, 5.74) is 2.00. The van der Waals surface area contributed by atoms with E-state index in [2.05, 4.69) is 17.2 Å². The highest BCUT2D eigenvalue weighted by molar-refractivity contribution is 6.30. The van der Waals surface area contributed by atoms with E-state index < -0.39 is 0 Å². The molecule has 0 radical (unpaired) electrons. The van der Waals surface area contributed by atoms with Crippen LogP contribution in [-0.4, -0.2) is 11.5 Å². The first-order valence-corrected chi connectivity index (χ1v) is 6.41. The van der Waals surface area contributed by atoms with Gasteiger partial charge in [0.05, 0.1) is 11.1 Å². The van der Waals surface area contributed by atoms with Gasteiger partial charge in [-0.25, -0.2) is 4.39 Å². The monoisotopic (exact) mass is 266 g/mol. The van der Waals surface area contributed by atoms with Gasteiger partial charge in [0.1, 0.15) is 5.82 Å². The molecule has 0 saturated heterocycles.